The number of cyclic esters (lactones) is 1. The van der Waals surface area contributed by atoms with E-state index < -0.39 is 5.60 Å². The summed E-state index contributed by atoms with van der Waals surface area (Å²) in [6, 6.07) is 4.01. The van der Waals surface area contributed by atoms with E-state index in [2.05, 4.69) is 26.8 Å². The first-order chi connectivity index (χ1) is 11.5. The van der Waals surface area contributed by atoms with Crippen LogP contribution in [-0.4, -0.2) is 12.3 Å². The Morgan fingerprint density at radius 3 is 2.40 bits per heavy atom. The second-order valence-corrected chi connectivity index (χ2v) is 9.52. The number of carbonyl (C=O) groups is 2. The Labute approximate surface area is 151 Å². The predicted octanol–water partition coefficient (Wildman–Crippen LogP) is 5.25. The summed E-state index contributed by atoms with van der Waals surface area (Å²) in [5.41, 5.74) is 3.35. The molecule has 3 rings (SSSR count). The molecule has 0 bridgehead atoms. The summed E-state index contributed by atoms with van der Waals surface area (Å²) in [7, 11) is 0. The Hall–Kier alpha value is -1.64. The lowest BCUT2D eigenvalue weighted by molar-refractivity contribution is -0.161. The van der Waals surface area contributed by atoms with Crippen molar-refractivity contribution in [2.24, 2.45) is 5.41 Å². The first-order valence-corrected chi connectivity index (χ1v) is 9.37. The van der Waals surface area contributed by atoms with Gasteiger partial charge in [0.05, 0.1) is 5.92 Å². The molecule has 0 radical (unpaired) electrons. The molecule has 0 N–H and O–H groups in total. The summed E-state index contributed by atoms with van der Waals surface area (Å²) in [6.07, 6.45) is 5.53. The molecule has 0 spiro atoms. The summed E-state index contributed by atoms with van der Waals surface area (Å²) in [5.74, 6) is -0.528. The Morgan fingerprint density at radius 2 is 1.80 bits per heavy atom. The molecule has 1 fully saturated rings. The summed E-state index contributed by atoms with van der Waals surface area (Å²) < 4.78 is 5.67. The molecular weight excluding hydrogens is 312 g/mol. The van der Waals surface area contributed by atoms with Crippen LogP contribution < -0.4 is 0 Å². The molecule has 1 aliphatic heterocycles. The van der Waals surface area contributed by atoms with Crippen molar-refractivity contribution in [2.45, 2.75) is 84.2 Å². The third-order valence-corrected chi connectivity index (χ3v) is 6.25. The van der Waals surface area contributed by atoms with Gasteiger partial charge in [0.25, 0.3) is 0 Å². The minimum absolute atomic E-state index is 0.0230. The standard InChI is InChI=1S/C22H30O3/c1-14-17-16(22(6)11-7-10-20(2,3)13-22)9-8-15(12-23)18(17)21(4,5)25-19(14)24/h8-9,12,14H,7,10-11,13H2,1-6H3/t14-,22+/m1/s1. The monoisotopic (exact) mass is 342 g/mol. The molecule has 3 heteroatoms. The lowest BCUT2D eigenvalue weighted by Gasteiger charge is -2.46. The molecule has 0 saturated heterocycles. The third kappa shape index (κ3) is 2.92. The van der Waals surface area contributed by atoms with Gasteiger partial charge in [-0.05, 0) is 62.0 Å². The van der Waals surface area contributed by atoms with E-state index in [-0.39, 0.29) is 22.7 Å². The SMILES string of the molecule is C[C@H]1C(=O)OC(C)(C)c2c(C=O)ccc([C@@]3(C)CCCC(C)(C)C3)c21. The highest BCUT2D eigenvalue weighted by atomic mass is 16.6. The normalized spacial score (nSPS) is 30.3. The van der Waals surface area contributed by atoms with Crippen molar-refractivity contribution in [3.05, 3.63) is 34.4 Å². The minimum atomic E-state index is -0.772. The largest absolute Gasteiger partial charge is 0.454 e. The molecule has 1 aromatic carbocycles. The van der Waals surface area contributed by atoms with Gasteiger partial charge in [0.2, 0.25) is 0 Å². The van der Waals surface area contributed by atoms with Crippen LogP contribution >= 0.6 is 0 Å². The van der Waals surface area contributed by atoms with Gasteiger partial charge in [-0.25, -0.2) is 0 Å². The van der Waals surface area contributed by atoms with E-state index in [1.807, 2.05) is 26.8 Å². The number of benzene rings is 1. The molecule has 1 heterocycles. The van der Waals surface area contributed by atoms with Gasteiger partial charge >= 0.3 is 5.97 Å². The van der Waals surface area contributed by atoms with Crippen molar-refractivity contribution in [1.82, 2.24) is 0 Å². The van der Waals surface area contributed by atoms with Crippen molar-refractivity contribution in [2.75, 3.05) is 0 Å². The van der Waals surface area contributed by atoms with Crippen molar-refractivity contribution in [3.8, 4) is 0 Å². The first-order valence-electron chi connectivity index (χ1n) is 9.37. The smallest absolute Gasteiger partial charge is 0.314 e. The highest BCUT2D eigenvalue weighted by Crippen LogP contribution is 2.52. The van der Waals surface area contributed by atoms with Crippen LogP contribution in [0.3, 0.4) is 0 Å². The topological polar surface area (TPSA) is 43.4 Å². The Morgan fingerprint density at radius 1 is 1.12 bits per heavy atom. The van der Waals surface area contributed by atoms with Crippen LogP contribution in [-0.2, 0) is 20.5 Å². The zero-order valence-electron chi connectivity index (χ0n) is 16.4. The van der Waals surface area contributed by atoms with Crippen LogP contribution in [0, 0.1) is 5.41 Å². The summed E-state index contributed by atoms with van der Waals surface area (Å²) in [4.78, 5) is 24.2. The molecule has 1 aliphatic carbocycles. The van der Waals surface area contributed by atoms with Gasteiger partial charge in [-0.3, -0.25) is 9.59 Å². The van der Waals surface area contributed by atoms with E-state index in [0.717, 1.165) is 30.3 Å². The van der Waals surface area contributed by atoms with Crippen molar-refractivity contribution >= 4 is 12.3 Å². The van der Waals surface area contributed by atoms with Gasteiger partial charge in [-0.15, -0.1) is 0 Å². The van der Waals surface area contributed by atoms with Gasteiger partial charge in [0, 0.05) is 11.1 Å². The van der Waals surface area contributed by atoms with Gasteiger partial charge in [0.15, 0.2) is 0 Å². The molecule has 0 aromatic heterocycles. The highest BCUT2D eigenvalue weighted by molar-refractivity contribution is 5.86. The van der Waals surface area contributed by atoms with Crippen LogP contribution in [0.1, 0.15) is 100 Å². The summed E-state index contributed by atoms with van der Waals surface area (Å²) >= 11 is 0. The Bertz CT molecular complexity index is 729. The first kappa shape index (κ1) is 18.2. The van der Waals surface area contributed by atoms with E-state index in [4.69, 9.17) is 4.74 Å². The maximum Gasteiger partial charge on any atom is 0.314 e. The number of rotatable bonds is 2. The third-order valence-electron chi connectivity index (χ3n) is 6.25. The number of hydrogen-bond donors (Lipinski definition) is 0. The molecule has 0 unspecified atom stereocenters. The van der Waals surface area contributed by atoms with E-state index >= 15 is 0 Å². The molecule has 1 saturated carbocycles. The molecule has 136 valence electrons. The van der Waals surface area contributed by atoms with Gasteiger partial charge < -0.3 is 4.74 Å². The molecule has 2 atom stereocenters. The quantitative estimate of drug-likeness (QED) is 0.544. The average molecular weight is 342 g/mol. The molecule has 0 amide bonds. The second kappa shape index (κ2) is 5.69. The number of carbonyl (C=O) groups excluding carboxylic acids is 2. The second-order valence-electron chi connectivity index (χ2n) is 9.52. The fraction of sp³-hybridized carbons (Fsp3) is 0.636. The minimum Gasteiger partial charge on any atom is -0.454 e. The fourth-order valence-corrected chi connectivity index (χ4v) is 5.31. The maximum atomic E-state index is 12.5. The van der Waals surface area contributed by atoms with Crippen molar-refractivity contribution in [1.29, 1.82) is 0 Å². The summed E-state index contributed by atoms with van der Waals surface area (Å²) in [5, 5.41) is 0. The van der Waals surface area contributed by atoms with Gasteiger partial charge in [-0.1, -0.05) is 39.3 Å². The van der Waals surface area contributed by atoms with Crippen molar-refractivity contribution in [3.63, 3.8) is 0 Å². The zero-order valence-corrected chi connectivity index (χ0v) is 16.4. The molecule has 3 nitrogen and oxygen atoms in total. The van der Waals surface area contributed by atoms with Crippen molar-refractivity contribution < 1.29 is 14.3 Å². The number of esters is 1. The highest BCUT2D eigenvalue weighted by Gasteiger charge is 2.45. The average Bonchev–Trinajstić information content (AvgIpc) is 2.49. The zero-order chi connectivity index (χ0) is 18.6. The van der Waals surface area contributed by atoms with Gasteiger partial charge in [-0.2, -0.15) is 0 Å². The number of ether oxygens (including phenoxy) is 1. The van der Waals surface area contributed by atoms with Crippen LogP contribution in [0.15, 0.2) is 12.1 Å². The number of aldehydes is 1. The lowest BCUT2D eigenvalue weighted by atomic mass is 9.59. The summed E-state index contributed by atoms with van der Waals surface area (Å²) in [6.45, 7) is 12.7. The van der Waals surface area contributed by atoms with Crippen LogP contribution in [0.2, 0.25) is 0 Å². The number of fused-ring (bicyclic) bond motifs is 1. The van der Waals surface area contributed by atoms with Crippen LogP contribution in [0.25, 0.3) is 0 Å². The van der Waals surface area contributed by atoms with E-state index in [1.165, 1.54) is 18.4 Å². The molecule has 2 aliphatic rings. The predicted molar refractivity (Wildman–Crippen MR) is 99.0 cm³/mol. The Balaban J connectivity index is 2.27. The maximum absolute atomic E-state index is 12.5. The van der Waals surface area contributed by atoms with E-state index in [1.54, 1.807) is 0 Å². The van der Waals surface area contributed by atoms with E-state index in [0.29, 0.717) is 5.56 Å². The van der Waals surface area contributed by atoms with Crippen LogP contribution in [0.4, 0.5) is 0 Å². The number of hydrogen-bond acceptors (Lipinski definition) is 3. The van der Waals surface area contributed by atoms with Crippen LogP contribution in [0.5, 0.6) is 0 Å². The fourth-order valence-electron chi connectivity index (χ4n) is 5.31. The molecular formula is C22H30O3. The molecule has 25 heavy (non-hydrogen) atoms. The molecule has 1 aromatic rings. The lowest BCUT2D eigenvalue weighted by Crippen LogP contribution is -2.41. The van der Waals surface area contributed by atoms with Gasteiger partial charge in [0.1, 0.15) is 11.9 Å². The Kier molecular flexibility index (Phi) is 4.13. The van der Waals surface area contributed by atoms with E-state index in [9.17, 15) is 9.59 Å².